The monoisotopic (exact) mass is 204 g/mol. The summed E-state index contributed by atoms with van der Waals surface area (Å²) in [7, 11) is 0. The van der Waals surface area contributed by atoms with Gasteiger partial charge in [0.1, 0.15) is 0 Å². The smallest absolute Gasteiger partial charge is 0.226 e. The second-order valence-corrected chi connectivity index (χ2v) is 1.49. The van der Waals surface area contributed by atoms with Crippen LogP contribution < -0.4 is 5.73 Å². The molecule has 0 aliphatic rings. The average Bonchev–Trinajstić information content (AvgIpc) is 1.64. The molecule has 1 atom stereocenters. The maximum absolute atomic E-state index is 10.0. The van der Waals surface area contributed by atoms with E-state index < -0.39 is 17.7 Å². The number of amides is 2. The fourth-order valence-corrected chi connectivity index (χ4v) is 0.129. The molecular formula is C4H7N2O2Y-. The van der Waals surface area contributed by atoms with Gasteiger partial charge in [-0.05, 0) is 6.92 Å². The van der Waals surface area contributed by atoms with Crippen molar-refractivity contribution in [2.45, 2.75) is 6.92 Å². The third-order valence-corrected chi connectivity index (χ3v) is 0.820. The molecule has 0 aliphatic heterocycles. The molecule has 0 spiro atoms. The van der Waals surface area contributed by atoms with Crippen molar-refractivity contribution in [3.8, 4) is 0 Å². The molecule has 0 heterocycles. The van der Waals surface area contributed by atoms with Crippen molar-refractivity contribution in [1.29, 1.82) is 0 Å². The van der Waals surface area contributed by atoms with Crippen LogP contribution in [0.2, 0.25) is 0 Å². The van der Waals surface area contributed by atoms with Crippen LogP contribution in [0.25, 0.3) is 5.73 Å². The summed E-state index contributed by atoms with van der Waals surface area (Å²) in [4.78, 5) is 20.0. The molecule has 2 amide bonds. The molecule has 1 radical (unpaired) electrons. The van der Waals surface area contributed by atoms with Crippen molar-refractivity contribution in [1.82, 2.24) is 0 Å². The molecule has 9 heavy (non-hydrogen) atoms. The fraction of sp³-hybridized carbons (Fsp3) is 0.500. The van der Waals surface area contributed by atoms with Gasteiger partial charge in [-0.25, -0.2) is 0 Å². The molecule has 49 valence electrons. The van der Waals surface area contributed by atoms with Gasteiger partial charge in [-0.3, -0.25) is 4.79 Å². The van der Waals surface area contributed by atoms with Crippen LogP contribution in [-0.2, 0) is 42.3 Å². The third-order valence-electron chi connectivity index (χ3n) is 0.820. The summed E-state index contributed by atoms with van der Waals surface area (Å²) in [5.41, 5.74) is 11.0. The first-order valence-corrected chi connectivity index (χ1v) is 2.10. The van der Waals surface area contributed by atoms with Gasteiger partial charge in [-0.15, -0.1) is 0 Å². The zero-order chi connectivity index (χ0) is 6.73. The number of carbonyl (C=O) groups is 2. The SMILES string of the molecule is CC(C([NH-])=O)C(N)=O.[Y]. The third kappa shape index (κ3) is 4.54. The molecule has 0 bridgehead atoms. The molecule has 0 saturated carbocycles. The van der Waals surface area contributed by atoms with Gasteiger partial charge in [0.15, 0.2) is 0 Å². The Morgan fingerprint density at radius 2 is 1.89 bits per heavy atom. The van der Waals surface area contributed by atoms with Gasteiger partial charge in [-0.1, -0.05) is 0 Å². The van der Waals surface area contributed by atoms with Gasteiger partial charge in [0, 0.05) is 32.7 Å². The van der Waals surface area contributed by atoms with E-state index in [-0.39, 0.29) is 32.7 Å². The first kappa shape index (κ1) is 11.8. The van der Waals surface area contributed by atoms with Gasteiger partial charge < -0.3 is 16.3 Å². The predicted octanol–water partition coefficient (Wildman–Crippen LogP) is -0.316. The molecule has 3 N–H and O–H groups in total. The van der Waals surface area contributed by atoms with Crippen molar-refractivity contribution in [2.24, 2.45) is 11.7 Å². The van der Waals surface area contributed by atoms with E-state index in [4.69, 9.17) is 5.73 Å². The van der Waals surface area contributed by atoms with Gasteiger partial charge in [-0.2, -0.15) is 0 Å². The summed E-state index contributed by atoms with van der Waals surface area (Å²) in [5.74, 6) is -2.64. The van der Waals surface area contributed by atoms with Crippen molar-refractivity contribution >= 4 is 11.8 Å². The number of carbonyl (C=O) groups excluding carboxylic acids is 2. The molecule has 0 aromatic carbocycles. The summed E-state index contributed by atoms with van der Waals surface area (Å²) in [6.07, 6.45) is 0. The number of primary amides is 1. The van der Waals surface area contributed by atoms with Gasteiger partial charge in [0.25, 0.3) is 0 Å². The maximum Gasteiger partial charge on any atom is 0.226 e. The molecule has 0 fully saturated rings. The molecular weight excluding hydrogens is 197 g/mol. The normalized spacial score (nSPS) is 11.2. The second kappa shape index (κ2) is 4.88. The Morgan fingerprint density at radius 3 is 1.89 bits per heavy atom. The zero-order valence-corrected chi connectivity index (χ0v) is 7.89. The van der Waals surface area contributed by atoms with Gasteiger partial charge in [0.05, 0.1) is 11.8 Å². The first-order chi connectivity index (χ1) is 3.55. The van der Waals surface area contributed by atoms with Crippen LogP contribution in [0.1, 0.15) is 6.92 Å². The van der Waals surface area contributed by atoms with E-state index in [0.717, 1.165) is 0 Å². The largest absolute Gasteiger partial charge is 0.667 e. The van der Waals surface area contributed by atoms with E-state index in [9.17, 15) is 9.59 Å². The van der Waals surface area contributed by atoms with E-state index in [0.29, 0.717) is 0 Å². The van der Waals surface area contributed by atoms with E-state index in [1.54, 1.807) is 0 Å². The minimum atomic E-state index is -0.963. The topological polar surface area (TPSA) is 84.0 Å². The summed E-state index contributed by atoms with van der Waals surface area (Å²) >= 11 is 0. The maximum atomic E-state index is 10.0. The number of hydrogen-bond acceptors (Lipinski definition) is 2. The average molecular weight is 204 g/mol. The van der Waals surface area contributed by atoms with E-state index in [1.807, 2.05) is 0 Å². The minimum Gasteiger partial charge on any atom is -0.667 e. The second-order valence-electron chi connectivity index (χ2n) is 1.49. The van der Waals surface area contributed by atoms with E-state index >= 15 is 0 Å². The van der Waals surface area contributed by atoms with Gasteiger partial charge in [0.2, 0.25) is 5.91 Å². The Kier molecular flexibility index (Phi) is 6.39. The summed E-state index contributed by atoms with van der Waals surface area (Å²) in [5, 5.41) is 0. The van der Waals surface area contributed by atoms with Crippen molar-refractivity contribution < 1.29 is 42.3 Å². The summed E-state index contributed by atoms with van der Waals surface area (Å²) in [6, 6.07) is 0. The minimum absolute atomic E-state index is 0. The van der Waals surface area contributed by atoms with Crippen LogP contribution in [0.5, 0.6) is 0 Å². The number of hydrogen-bond donors (Lipinski definition) is 1. The number of rotatable bonds is 2. The number of nitrogens with two attached hydrogens (primary N) is 1. The summed E-state index contributed by atoms with van der Waals surface area (Å²) < 4.78 is 0. The number of nitrogens with one attached hydrogen (secondary N) is 1. The Morgan fingerprint density at radius 1 is 1.56 bits per heavy atom. The molecule has 0 aromatic heterocycles. The van der Waals surface area contributed by atoms with Gasteiger partial charge >= 0.3 is 0 Å². The predicted molar refractivity (Wildman–Crippen MR) is 27.7 cm³/mol. The van der Waals surface area contributed by atoms with Crippen LogP contribution in [0, 0.1) is 5.92 Å². The van der Waals surface area contributed by atoms with Crippen LogP contribution >= 0.6 is 0 Å². The van der Waals surface area contributed by atoms with E-state index in [1.165, 1.54) is 6.92 Å². The Bertz CT molecular complexity index is 112. The Balaban J connectivity index is 0. The molecule has 5 heteroatoms. The molecule has 0 aromatic rings. The first-order valence-electron chi connectivity index (χ1n) is 2.10. The molecule has 4 nitrogen and oxygen atoms in total. The van der Waals surface area contributed by atoms with E-state index in [2.05, 4.69) is 5.73 Å². The van der Waals surface area contributed by atoms with Crippen LogP contribution in [0.15, 0.2) is 0 Å². The Hall–Kier alpha value is 0.0439. The molecule has 1 unspecified atom stereocenters. The van der Waals surface area contributed by atoms with Crippen molar-refractivity contribution in [3.05, 3.63) is 5.73 Å². The standard InChI is InChI=1S/C4H8N2O2.Y/c1-2(3(5)7)4(6)8;/h2H,1H3,(H4,5,6,7,8);/p-1. The molecule has 0 aliphatic carbocycles. The molecule has 0 rings (SSSR count). The van der Waals surface area contributed by atoms with Crippen molar-refractivity contribution in [3.63, 3.8) is 0 Å². The Labute approximate surface area is 78.2 Å². The zero-order valence-electron chi connectivity index (χ0n) is 5.05. The molecule has 0 saturated heterocycles. The van der Waals surface area contributed by atoms with Crippen molar-refractivity contribution in [2.75, 3.05) is 0 Å². The van der Waals surface area contributed by atoms with Crippen LogP contribution in [-0.4, -0.2) is 11.8 Å². The summed E-state index contributed by atoms with van der Waals surface area (Å²) in [6.45, 7) is 1.30. The quantitative estimate of drug-likeness (QED) is 0.625. The van der Waals surface area contributed by atoms with Crippen LogP contribution in [0.4, 0.5) is 0 Å². The van der Waals surface area contributed by atoms with Crippen LogP contribution in [0.3, 0.4) is 0 Å². The fourth-order valence-electron chi connectivity index (χ4n) is 0.129.